The molecule has 0 amide bonds. The summed E-state index contributed by atoms with van der Waals surface area (Å²) in [7, 11) is 1.73. The maximum atomic E-state index is 11.0. The van der Waals surface area contributed by atoms with Gasteiger partial charge in [-0.05, 0) is 17.7 Å². The molecule has 0 radical (unpaired) electrons. The van der Waals surface area contributed by atoms with Crippen LogP contribution in [0.15, 0.2) is 24.3 Å². The molecule has 2 nitrogen and oxygen atoms in total. The summed E-state index contributed by atoms with van der Waals surface area (Å²) in [6, 6.07) is 7.13. The second-order valence-electron chi connectivity index (χ2n) is 4.08. The third-order valence-corrected chi connectivity index (χ3v) is 3.77. The van der Waals surface area contributed by atoms with Gasteiger partial charge in [-0.25, -0.2) is 8.42 Å². The van der Waals surface area contributed by atoms with E-state index in [1.165, 1.54) is 0 Å². The zero-order valence-electron chi connectivity index (χ0n) is 8.50. The van der Waals surface area contributed by atoms with Crippen LogP contribution in [-0.2, 0) is 14.5 Å². The molecular formula is C10H12Cl2O2S. The van der Waals surface area contributed by atoms with Gasteiger partial charge in [0, 0.05) is 21.1 Å². The molecule has 0 saturated carbocycles. The highest BCUT2D eigenvalue weighted by atomic mass is 35.7. The van der Waals surface area contributed by atoms with E-state index in [0.717, 1.165) is 5.56 Å². The Labute approximate surface area is 99.6 Å². The first-order valence-corrected chi connectivity index (χ1v) is 7.25. The van der Waals surface area contributed by atoms with E-state index in [2.05, 4.69) is 0 Å². The molecule has 0 heterocycles. The molecule has 0 aliphatic rings. The molecule has 0 fully saturated rings. The topological polar surface area (TPSA) is 34.1 Å². The van der Waals surface area contributed by atoms with E-state index in [9.17, 15) is 8.42 Å². The second kappa shape index (κ2) is 4.32. The lowest BCUT2D eigenvalue weighted by atomic mass is 9.87. The maximum absolute atomic E-state index is 11.0. The van der Waals surface area contributed by atoms with Gasteiger partial charge in [0.25, 0.3) is 0 Å². The highest BCUT2D eigenvalue weighted by Gasteiger charge is 2.26. The lowest BCUT2D eigenvalue weighted by molar-refractivity contribution is 0.558. The number of hydrogen-bond donors (Lipinski definition) is 0. The molecule has 1 aromatic rings. The summed E-state index contributed by atoms with van der Waals surface area (Å²) in [5.41, 5.74) is 0.324. The summed E-state index contributed by atoms with van der Waals surface area (Å²) in [6.07, 6.45) is 0. The van der Waals surface area contributed by atoms with Crippen molar-refractivity contribution in [2.45, 2.75) is 19.3 Å². The van der Waals surface area contributed by atoms with Crippen LogP contribution in [0.1, 0.15) is 19.4 Å². The maximum Gasteiger partial charge on any atom is 0.233 e. The van der Waals surface area contributed by atoms with Crippen LogP contribution in [0.2, 0.25) is 5.02 Å². The van der Waals surface area contributed by atoms with Crippen LogP contribution in [0.3, 0.4) is 0 Å². The predicted molar refractivity (Wildman–Crippen MR) is 64.1 cm³/mol. The third-order valence-electron chi connectivity index (χ3n) is 2.14. The summed E-state index contributed by atoms with van der Waals surface area (Å²) in [4.78, 5) is 0. The fraction of sp³-hybridized carbons (Fsp3) is 0.400. The highest BCUT2D eigenvalue weighted by molar-refractivity contribution is 8.13. The fourth-order valence-corrected chi connectivity index (χ4v) is 3.46. The number of benzene rings is 1. The van der Waals surface area contributed by atoms with Crippen molar-refractivity contribution in [1.29, 1.82) is 0 Å². The Balaban J connectivity index is 3.06. The van der Waals surface area contributed by atoms with Gasteiger partial charge in [-0.15, -0.1) is 0 Å². The Bertz CT molecular complexity index is 452. The smallest absolute Gasteiger partial charge is 0.212 e. The lowest BCUT2D eigenvalue weighted by Crippen LogP contribution is -2.25. The van der Waals surface area contributed by atoms with Crippen molar-refractivity contribution in [3.63, 3.8) is 0 Å². The molecule has 0 N–H and O–H groups in total. The summed E-state index contributed by atoms with van der Waals surface area (Å²) in [6.45, 7) is 3.64. The van der Waals surface area contributed by atoms with Gasteiger partial charge >= 0.3 is 0 Å². The van der Waals surface area contributed by atoms with Gasteiger partial charge in [0.15, 0.2) is 0 Å². The molecule has 15 heavy (non-hydrogen) atoms. The van der Waals surface area contributed by atoms with E-state index in [4.69, 9.17) is 22.3 Å². The molecule has 0 saturated heterocycles. The SMILES string of the molecule is CC(C)(CS(=O)(=O)Cl)c1cccc(Cl)c1. The molecule has 1 rings (SSSR count). The van der Waals surface area contributed by atoms with Crippen molar-refractivity contribution in [2.75, 3.05) is 5.75 Å². The van der Waals surface area contributed by atoms with Crippen molar-refractivity contribution in [1.82, 2.24) is 0 Å². The summed E-state index contributed by atoms with van der Waals surface area (Å²) in [5.74, 6) is -0.109. The summed E-state index contributed by atoms with van der Waals surface area (Å²) >= 11 is 5.84. The van der Waals surface area contributed by atoms with Crippen molar-refractivity contribution in [2.24, 2.45) is 0 Å². The van der Waals surface area contributed by atoms with Gasteiger partial charge in [-0.2, -0.15) is 0 Å². The average molecular weight is 267 g/mol. The minimum absolute atomic E-state index is 0.109. The minimum Gasteiger partial charge on any atom is -0.212 e. The molecular weight excluding hydrogens is 255 g/mol. The zero-order valence-corrected chi connectivity index (χ0v) is 10.8. The molecule has 0 aromatic heterocycles. The van der Waals surface area contributed by atoms with Crippen LogP contribution < -0.4 is 0 Å². The van der Waals surface area contributed by atoms with Gasteiger partial charge < -0.3 is 0 Å². The largest absolute Gasteiger partial charge is 0.233 e. The molecule has 0 bridgehead atoms. The van der Waals surface area contributed by atoms with Crippen molar-refractivity contribution >= 4 is 31.3 Å². The van der Waals surface area contributed by atoms with Gasteiger partial charge in [0.1, 0.15) is 0 Å². The van der Waals surface area contributed by atoms with Gasteiger partial charge in [0.2, 0.25) is 9.05 Å². The predicted octanol–water partition coefficient (Wildman–Crippen LogP) is 3.19. The second-order valence-corrected chi connectivity index (χ2v) is 7.29. The first kappa shape index (κ1) is 12.8. The standard InChI is InChI=1S/C10H12Cl2O2S/c1-10(2,7-15(12,13)14)8-4-3-5-9(11)6-8/h3-6H,7H2,1-2H3. The normalized spacial score (nSPS) is 12.8. The molecule has 5 heteroatoms. The van der Waals surface area contributed by atoms with Crippen LogP contribution >= 0.6 is 22.3 Å². The zero-order chi connectivity index (χ0) is 11.7. The van der Waals surface area contributed by atoms with Crippen molar-refractivity contribution in [3.8, 4) is 0 Å². The van der Waals surface area contributed by atoms with E-state index in [0.29, 0.717) is 5.02 Å². The molecule has 0 atom stereocenters. The monoisotopic (exact) mass is 266 g/mol. The Hall–Kier alpha value is -0.250. The number of hydrogen-bond acceptors (Lipinski definition) is 2. The Morgan fingerprint density at radius 1 is 1.33 bits per heavy atom. The van der Waals surface area contributed by atoms with E-state index in [-0.39, 0.29) is 5.75 Å². The number of halogens is 2. The molecule has 0 unspecified atom stereocenters. The molecule has 0 aliphatic heterocycles. The Morgan fingerprint density at radius 3 is 2.40 bits per heavy atom. The Morgan fingerprint density at radius 2 is 1.93 bits per heavy atom. The van der Waals surface area contributed by atoms with Crippen molar-refractivity contribution in [3.05, 3.63) is 34.9 Å². The van der Waals surface area contributed by atoms with Gasteiger partial charge in [0.05, 0.1) is 5.75 Å². The van der Waals surface area contributed by atoms with E-state index >= 15 is 0 Å². The molecule has 0 aliphatic carbocycles. The van der Waals surface area contributed by atoms with Crippen LogP contribution in [0.4, 0.5) is 0 Å². The molecule has 84 valence electrons. The van der Waals surface area contributed by atoms with Crippen LogP contribution in [0.5, 0.6) is 0 Å². The van der Waals surface area contributed by atoms with Crippen molar-refractivity contribution < 1.29 is 8.42 Å². The Kier molecular flexibility index (Phi) is 3.69. The summed E-state index contributed by atoms with van der Waals surface area (Å²) in [5, 5.41) is 0.590. The molecule has 0 spiro atoms. The minimum atomic E-state index is -3.51. The first-order chi connectivity index (χ1) is 6.71. The van der Waals surface area contributed by atoms with Crippen LogP contribution in [0.25, 0.3) is 0 Å². The van der Waals surface area contributed by atoms with Crippen LogP contribution in [0, 0.1) is 0 Å². The summed E-state index contributed by atoms with van der Waals surface area (Å²) < 4.78 is 22.1. The highest BCUT2D eigenvalue weighted by Crippen LogP contribution is 2.28. The lowest BCUT2D eigenvalue weighted by Gasteiger charge is -2.23. The van der Waals surface area contributed by atoms with E-state index in [1.807, 2.05) is 19.9 Å². The fourth-order valence-electron chi connectivity index (χ4n) is 1.42. The number of rotatable bonds is 3. The van der Waals surface area contributed by atoms with E-state index < -0.39 is 14.5 Å². The van der Waals surface area contributed by atoms with Crippen LogP contribution in [-0.4, -0.2) is 14.2 Å². The first-order valence-electron chi connectivity index (χ1n) is 4.39. The quantitative estimate of drug-likeness (QED) is 0.788. The molecule has 1 aromatic carbocycles. The van der Waals surface area contributed by atoms with Gasteiger partial charge in [-0.3, -0.25) is 0 Å². The van der Waals surface area contributed by atoms with Gasteiger partial charge in [-0.1, -0.05) is 37.6 Å². The third kappa shape index (κ3) is 4.01. The van der Waals surface area contributed by atoms with E-state index in [1.54, 1.807) is 18.2 Å². The average Bonchev–Trinajstić information content (AvgIpc) is 1.99.